The molecular formula is C31H35N7O4S. The third kappa shape index (κ3) is 5.35. The molecule has 1 amide bonds. The Balaban J connectivity index is 1.48. The normalized spacial score (nSPS) is 20.3. The first-order chi connectivity index (χ1) is 20.6. The second-order valence-corrected chi connectivity index (χ2v) is 13.6. The van der Waals surface area contributed by atoms with E-state index in [0.717, 1.165) is 46.4 Å². The number of carbonyl (C=O) groups is 1. The highest BCUT2D eigenvalue weighted by molar-refractivity contribution is 7.90. The van der Waals surface area contributed by atoms with E-state index in [2.05, 4.69) is 16.5 Å². The van der Waals surface area contributed by atoms with Gasteiger partial charge in [0.25, 0.3) is 0 Å². The fourth-order valence-corrected chi connectivity index (χ4v) is 7.44. The van der Waals surface area contributed by atoms with Crippen LogP contribution in [0.15, 0.2) is 55.5 Å². The van der Waals surface area contributed by atoms with E-state index in [1.807, 2.05) is 36.9 Å². The van der Waals surface area contributed by atoms with E-state index >= 15 is 0 Å². The summed E-state index contributed by atoms with van der Waals surface area (Å²) in [6, 6.07) is 7.60. The molecule has 6 heterocycles. The van der Waals surface area contributed by atoms with Crippen molar-refractivity contribution in [3.8, 4) is 22.8 Å². The van der Waals surface area contributed by atoms with Crippen LogP contribution < -0.4 is 9.64 Å². The number of nitrogens with zero attached hydrogens (tertiary/aromatic N) is 7. The monoisotopic (exact) mass is 601 g/mol. The highest BCUT2D eigenvalue weighted by Gasteiger charge is 2.39. The topological polar surface area (TPSA) is 123 Å². The molecule has 1 unspecified atom stereocenters. The Hall–Kier alpha value is -4.32. The van der Waals surface area contributed by atoms with Gasteiger partial charge in [0.15, 0.2) is 5.82 Å². The van der Waals surface area contributed by atoms with Crippen molar-refractivity contribution in [2.45, 2.75) is 38.8 Å². The maximum absolute atomic E-state index is 12.7. The molecule has 4 aromatic rings. The van der Waals surface area contributed by atoms with E-state index < -0.39 is 9.84 Å². The summed E-state index contributed by atoms with van der Waals surface area (Å²) in [6.07, 6.45) is 9.48. The van der Waals surface area contributed by atoms with Crippen molar-refractivity contribution < 1.29 is 17.9 Å². The summed E-state index contributed by atoms with van der Waals surface area (Å²) in [5, 5.41) is 5.63. The number of rotatable bonds is 8. The Kier molecular flexibility index (Phi) is 7.41. The summed E-state index contributed by atoms with van der Waals surface area (Å²) in [5.41, 5.74) is 4.77. The summed E-state index contributed by atoms with van der Waals surface area (Å²) >= 11 is 0. The maximum Gasteiger partial charge on any atom is 0.246 e. The zero-order valence-electron chi connectivity index (χ0n) is 24.8. The van der Waals surface area contributed by atoms with Gasteiger partial charge in [0.05, 0.1) is 47.6 Å². The highest BCUT2D eigenvalue weighted by atomic mass is 32.2. The number of aromatic nitrogens is 5. The van der Waals surface area contributed by atoms with Gasteiger partial charge in [-0.2, -0.15) is 5.10 Å². The molecule has 2 fully saturated rings. The molecule has 0 aromatic carbocycles. The Labute approximate surface area is 251 Å². The zero-order chi connectivity index (χ0) is 30.5. The van der Waals surface area contributed by atoms with Crippen LogP contribution in [0.4, 0.5) is 5.69 Å². The van der Waals surface area contributed by atoms with Crippen molar-refractivity contribution in [2.24, 2.45) is 5.92 Å². The van der Waals surface area contributed by atoms with Crippen molar-refractivity contribution in [1.29, 1.82) is 0 Å². The lowest BCUT2D eigenvalue weighted by molar-refractivity contribution is -0.126. The first-order valence-corrected chi connectivity index (χ1v) is 16.4. The summed E-state index contributed by atoms with van der Waals surface area (Å²) in [7, 11) is -1.48. The van der Waals surface area contributed by atoms with Gasteiger partial charge >= 0.3 is 0 Å². The van der Waals surface area contributed by atoms with Gasteiger partial charge in [-0.05, 0) is 51.0 Å². The fraction of sp³-hybridized carbons (Fsp3) is 0.387. The maximum atomic E-state index is 12.7. The fourth-order valence-electron chi connectivity index (χ4n) is 6.28. The van der Waals surface area contributed by atoms with Crippen LogP contribution in [0.3, 0.4) is 0 Å². The summed E-state index contributed by atoms with van der Waals surface area (Å²) in [6.45, 7) is 8.94. The van der Waals surface area contributed by atoms with E-state index in [1.165, 1.54) is 12.3 Å². The molecule has 2 aliphatic heterocycles. The van der Waals surface area contributed by atoms with E-state index in [1.54, 1.807) is 36.4 Å². The minimum absolute atomic E-state index is 0.0257. The molecule has 0 saturated carbocycles. The Morgan fingerprint density at radius 3 is 2.74 bits per heavy atom. The lowest BCUT2D eigenvalue weighted by Gasteiger charge is -2.48. The van der Waals surface area contributed by atoms with Gasteiger partial charge in [0.2, 0.25) is 5.91 Å². The molecule has 4 aromatic heterocycles. The number of likely N-dealkylation sites (tertiary alicyclic amines) is 1. The van der Waals surface area contributed by atoms with Gasteiger partial charge in [0, 0.05) is 66.5 Å². The minimum Gasteiger partial charge on any atom is -0.496 e. The van der Waals surface area contributed by atoms with Crippen molar-refractivity contribution in [3.63, 3.8) is 0 Å². The van der Waals surface area contributed by atoms with Gasteiger partial charge < -0.3 is 14.5 Å². The number of carbonyl (C=O) groups excluding carboxylic acids is 1. The van der Waals surface area contributed by atoms with Gasteiger partial charge in [-0.3, -0.25) is 14.8 Å². The number of fused-ring (bicyclic) bond motifs is 1. The first-order valence-electron chi connectivity index (χ1n) is 14.3. The van der Waals surface area contributed by atoms with Crippen LogP contribution in [-0.4, -0.2) is 82.2 Å². The summed E-state index contributed by atoms with van der Waals surface area (Å²) in [4.78, 5) is 30.9. The second-order valence-electron chi connectivity index (χ2n) is 11.4. The second kappa shape index (κ2) is 11.1. The molecule has 2 aliphatic rings. The number of pyridine rings is 3. The van der Waals surface area contributed by atoms with Crippen LogP contribution in [-0.2, 0) is 14.6 Å². The minimum atomic E-state index is -3.09. The predicted molar refractivity (Wildman–Crippen MR) is 165 cm³/mol. The Morgan fingerprint density at radius 2 is 2.02 bits per heavy atom. The number of sulfone groups is 1. The average Bonchev–Trinajstić information content (AvgIpc) is 3.66. The lowest BCUT2D eigenvalue weighted by atomic mass is 9.91. The molecule has 0 bridgehead atoms. The van der Waals surface area contributed by atoms with E-state index in [-0.39, 0.29) is 29.7 Å². The number of hydrogen-bond donors (Lipinski definition) is 0. The van der Waals surface area contributed by atoms with Crippen molar-refractivity contribution >= 4 is 32.3 Å². The molecule has 43 heavy (non-hydrogen) atoms. The van der Waals surface area contributed by atoms with Crippen LogP contribution in [0.5, 0.6) is 5.75 Å². The molecule has 0 radical (unpaired) electrons. The number of anilines is 1. The molecule has 12 heteroatoms. The lowest BCUT2D eigenvalue weighted by Crippen LogP contribution is -2.57. The molecule has 11 nitrogen and oxygen atoms in total. The van der Waals surface area contributed by atoms with Gasteiger partial charge in [0.1, 0.15) is 15.6 Å². The summed E-state index contributed by atoms with van der Waals surface area (Å²) in [5.74, 6) is 1.34. The number of methoxy groups -OCH3 is 1. The Morgan fingerprint density at radius 1 is 1.21 bits per heavy atom. The molecular weight excluding hydrogens is 566 g/mol. The van der Waals surface area contributed by atoms with Crippen molar-refractivity contribution in [3.05, 3.63) is 66.9 Å². The van der Waals surface area contributed by atoms with Crippen molar-refractivity contribution in [1.82, 2.24) is 29.6 Å². The van der Waals surface area contributed by atoms with Gasteiger partial charge in [-0.15, -0.1) is 0 Å². The van der Waals surface area contributed by atoms with Crippen LogP contribution in [0.2, 0.25) is 0 Å². The average molecular weight is 602 g/mol. The van der Waals surface area contributed by atoms with Crippen molar-refractivity contribution in [2.75, 3.05) is 37.1 Å². The number of hydrogen-bond acceptors (Lipinski definition) is 9. The molecule has 0 spiro atoms. The summed E-state index contributed by atoms with van der Waals surface area (Å²) < 4.78 is 31.4. The standard InChI is InChI=1S/C31H35N7O4S/c1-6-31(39)36-11-7-8-27(36)26-12-22(37-17-21(20(37)3)18-43(5,40)41)13-30(35-26)38-28-14-25(34-19(2)23(28)16-33-38)24-15-32-10-9-29(24)42-4/h6,9-10,12-16,20-21,27H,1,7-8,11,17-18H2,2-5H3/t20-,21-,27?/m1/s1. The SMILES string of the molecule is C=CC(=O)N1CCCC1c1cc(N2C[C@H](CS(C)(=O)=O)[C@H]2C)cc(-n2ncc3c(C)nc(-c4cnccc4OC)cc32)n1. The van der Waals surface area contributed by atoms with Gasteiger partial charge in [-0.25, -0.2) is 18.1 Å². The number of ether oxygens (including phenoxy) is 1. The smallest absolute Gasteiger partial charge is 0.246 e. The van der Waals surface area contributed by atoms with E-state index in [4.69, 9.17) is 19.8 Å². The predicted octanol–water partition coefficient (Wildman–Crippen LogP) is 3.91. The largest absolute Gasteiger partial charge is 0.496 e. The van der Waals surface area contributed by atoms with E-state index in [0.29, 0.717) is 30.4 Å². The zero-order valence-corrected chi connectivity index (χ0v) is 25.6. The molecule has 6 rings (SSSR count). The van der Waals surface area contributed by atoms with Crippen LogP contribution in [0, 0.1) is 12.8 Å². The van der Waals surface area contributed by atoms with Crippen LogP contribution in [0.1, 0.15) is 37.2 Å². The third-order valence-electron chi connectivity index (χ3n) is 8.57. The van der Waals surface area contributed by atoms with Crippen LogP contribution >= 0.6 is 0 Å². The Bertz CT molecular complexity index is 1840. The first kappa shape index (κ1) is 28.8. The van der Waals surface area contributed by atoms with Crippen LogP contribution in [0.25, 0.3) is 28.0 Å². The molecule has 0 aliphatic carbocycles. The van der Waals surface area contributed by atoms with Gasteiger partial charge in [-0.1, -0.05) is 6.58 Å². The third-order valence-corrected chi connectivity index (χ3v) is 9.61. The molecule has 0 N–H and O–H groups in total. The molecule has 2 saturated heterocycles. The number of amides is 1. The van der Waals surface area contributed by atoms with E-state index in [9.17, 15) is 13.2 Å². The molecule has 224 valence electrons. The molecule has 3 atom stereocenters. The highest BCUT2D eigenvalue weighted by Crippen LogP contribution is 2.38. The quantitative estimate of drug-likeness (QED) is 0.277. The number of aryl methyl sites for hydroxylation is 1.